The molecule has 4 fully saturated rings. The Labute approximate surface area is 81.2 Å². The van der Waals surface area contributed by atoms with Crippen LogP contribution in [0.1, 0.15) is 25.7 Å². The Morgan fingerprint density at radius 3 is 2.92 bits per heavy atom. The molecule has 0 amide bonds. The van der Waals surface area contributed by atoms with E-state index in [1.54, 1.807) is 25.0 Å². The molecule has 0 spiro atoms. The van der Waals surface area contributed by atoms with Crippen LogP contribution in [0.3, 0.4) is 0 Å². The van der Waals surface area contributed by atoms with Crippen molar-refractivity contribution < 1.29 is 0 Å². The second-order valence-electron chi connectivity index (χ2n) is 5.71. The van der Waals surface area contributed by atoms with Gasteiger partial charge in [0.1, 0.15) is 0 Å². The van der Waals surface area contributed by atoms with Crippen LogP contribution in [0.25, 0.3) is 0 Å². The maximum Gasteiger partial charge on any atom is 0.00812 e. The van der Waals surface area contributed by atoms with Gasteiger partial charge in [-0.2, -0.15) is 12.6 Å². The van der Waals surface area contributed by atoms with Crippen molar-refractivity contribution in [2.45, 2.75) is 36.2 Å². The lowest BCUT2D eigenvalue weighted by molar-refractivity contribution is 0.500. The smallest absolute Gasteiger partial charge is 0.00812 e. The Balaban J connectivity index is 2.07. The van der Waals surface area contributed by atoms with Crippen LogP contribution >= 0.6 is 21.8 Å². The molecule has 1 saturated carbocycles. The summed E-state index contributed by atoms with van der Waals surface area (Å²) in [6.07, 6.45) is 8.96. The fourth-order valence-corrected chi connectivity index (χ4v) is 13.0. The first-order valence-electron chi connectivity index (χ1n) is 5.29. The molecule has 4 aliphatic rings. The maximum atomic E-state index is 4.69. The van der Waals surface area contributed by atoms with E-state index < -0.39 is 9.16 Å². The molecule has 0 radical (unpaired) electrons. The average molecular weight is 204 g/mol. The highest BCUT2D eigenvalue weighted by Gasteiger charge is 2.66. The van der Waals surface area contributed by atoms with Gasteiger partial charge in [-0.15, -0.1) is 0 Å². The molecular weight excluding hydrogens is 184 g/mol. The van der Waals surface area contributed by atoms with Crippen LogP contribution in [0.15, 0.2) is 0 Å². The molecule has 4 bridgehead atoms. The molecule has 3 saturated heterocycles. The summed E-state index contributed by atoms with van der Waals surface area (Å²) in [5.74, 6) is 2.75. The fourth-order valence-electron chi connectivity index (χ4n) is 4.54. The SMILES string of the molecule is C[SH]12(CS)CCCC3CC1CC32. The average Bonchev–Trinajstić information content (AvgIpc) is 2.55. The molecule has 0 aromatic rings. The van der Waals surface area contributed by atoms with Crippen molar-refractivity contribution in [3.05, 3.63) is 0 Å². The molecule has 0 N–H and O–H groups in total. The first kappa shape index (κ1) is 8.05. The normalized spacial score (nSPS) is 55.2. The molecule has 0 nitrogen and oxygen atoms in total. The Kier molecular flexibility index (Phi) is 1.36. The number of hydrogen-bond acceptors (Lipinski definition) is 1. The summed E-state index contributed by atoms with van der Waals surface area (Å²) in [4.78, 5) is 0. The van der Waals surface area contributed by atoms with Crippen LogP contribution in [0.5, 0.6) is 0 Å². The second kappa shape index (κ2) is 2.03. The number of rotatable bonds is 1. The minimum Gasteiger partial charge on any atom is -0.273 e. The topological polar surface area (TPSA) is 0 Å². The van der Waals surface area contributed by atoms with Gasteiger partial charge in [-0.25, -0.2) is 0 Å². The van der Waals surface area contributed by atoms with E-state index in [0.717, 1.165) is 5.92 Å². The van der Waals surface area contributed by atoms with E-state index in [0.29, 0.717) is 0 Å². The highest BCUT2D eigenvalue weighted by atomic mass is 32.3. The van der Waals surface area contributed by atoms with Crippen molar-refractivity contribution in [2.75, 3.05) is 17.1 Å². The largest absolute Gasteiger partial charge is 0.273 e. The standard InChI is InChI=1S/C10H20S2/c1-12(7-11)4-2-3-8-5-9(12)6-10(8)12/h8-12H,2-7H2,1H3. The third kappa shape index (κ3) is 0.608. The Morgan fingerprint density at radius 2 is 2.25 bits per heavy atom. The van der Waals surface area contributed by atoms with Crippen LogP contribution in [0.4, 0.5) is 0 Å². The summed E-state index contributed by atoms with van der Waals surface area (Å²) < 4.78 is 0. The zero-order valence-electron chi connectivity index (χ0n) is 7.87. The lowest BCUT2D eigenvalue weighted by atomic mass is 10.0. The summed E-state index contributed by atoms with van der Waals surface area (Å²) in [6.45, 7) is 0. The fraction of sp³-hybridized carbons (Fsp3) is 1.00. The Bertz CT molecular complexity index is 240. The molecule has 0 aromatic carbocycles. The van der Waals surface area contributed by atoms with E-state index in [4.69, 9.17) is 0 Å². The van der Waals surface area contributed by atoms with Gasteiger partial charge in [0, 0.05) is 5.08 Å². The van der Waals surface area contributed by atoms with Gasteiger partial charge in [0.05, 0.1) is 0 Å². The summed E-state index contributed by atoms with van der Waals surface area (Å²) in [5, 5.41) is 3.63. The zero-order valence-corrected chi connectivity index (χ0v) is 9.66. The van der Waals surface area contributed by atoms with E-state index in [1.807, 2.05) is 0 Å². The van der Waals surface area contributed by atoms with Crippen LogP contribution < -0.4 is 0 Å². The summed E-state index contributed by atoms with van der Waals surface area (Å²) in [6, 6.07) is 0. The van der Waals surface area contributed by atoms with Crippen molar-refractivity contribution >= 4 is 21.8 Å². The monoisotopic (exact) mass is 204 g/mol. The second-order valence-corrected chi connectivity index (χ2v) is 13.2. The van der Waals surface area contributed by atoms with Crippen LogP contribution in [-0.2, 0) is 0 Å². The Morgan fingerprint density at radius 1 is 1.42 bits per heavy atom. The van der Waals surface area contributed by atoms with E-state index in [1.165, 1.54) is 22.0 Å². The number of thiol groups is 2. The molecular formula is C10H20S2. The van der Waals surface area contributed by atoms with Gasteiger partial charge in [-0.3, -0.25) is 9.16 Å². The third-order valence-electron chi connectivity index (χ3n) is 5.49. The summed E-state index contributed by atoms with van der Waals surface area (Å²) in [5.41, 5.74) is 0. The third-order valence-corrected chi connectivity index (χ3v) is 15.6. The van der Waals surface area contributed by atoms with Crippen molar-refractivity contribution in [2.24, 2.45) is 5.92 Å². The lowest BCUT2D eigenvalue weighted by Gasteiger charge is -2.73. The quantitative estimate of drug-likeness (QED) is 0.603. The van der Waals surface area contributed by atoms with Crippen molar-refractivity contribution in [1.29, 1.82) is 0 Å². The minimum atomic E-state index is -1.17. The van der Waals surface area contributed by atoms with Crippen molar-refractivity contribution in [1.82, 2.24) is 0 Å². The van der Waals surface area contributed by atoms with Crippen LogP contribution in [0.2, 0.25) is 0 Å². The molecule has 3 heterocycles. The summed E-state index contributed by atoms with van der Waals surface area (Å²) in [7, 11) is -1.17. The molecule has 3 atom stereocenters. The highest BCUT2D eigenvalue weighted by molar-refractivity contribution is 8.54. The van der Waals surface area contributed by atoms with E-state index in [-0.39, 0.29) is 0 Å². The van der Waals surface area contributed by atoms with Crippen LogP contribution in [-0.4, -0.2) is 27.6 Å². The molecule has 72 valence electrons. The maximum absolute atomic E-state index is 4.69. The molecule has 12 heavy (non-hydrogen) atoms. The molecule has 3 aliphatic heterocycles. The Hall–Kier alpha value is 0.700. The summed E-state index contributed by atoms with van der Waals surface area (Å²) >= 11 is 4.69. The molecule has 0 aromatic heterocycles. The van der Waals surface area contributed by atoms with Gasteiger partial charge in [-0.1, -0.05) is 0 Å². The van der Waals surface area contributed by atoms with Gasteiger partial charge < -0.3 is 0 Å². The van der Waals surface area contributed by atoms with Crippen molar-refractivity contribution in [3.8, 4) is 0 Å². The highest BCUT2D eigenvalue weighted by Crippen LogP contribution is 2.91. The first-order chi connectivity index (χ1) is 5.68. The predicted octanol–water partition coefficient (Wildman–Crippen LogP) is 2.53. The van der Waals surface area contributed by atoms with Gasteiger partial charge in [-0.05, 0) is 54.1 Å². The minimum absolute atomic E-state index is 1.15. The zero-order chi connectivity index (χ0) is 8.42. The van der Waals surface area contributed by atoms with Gasteiger partial charge >= 0.3 is 0 Å². The van der Waals surface area contributed by atoms with E-state index in [9.17, 15) is 0 Å². The molecule has 4 rings (SSSR count). The lowest BCUT2D eigenvalue weighted by Crippen LogP contribution is -2.50. The molecule has 3 unspecified atom stereocenters. The number of hydrogen-bond donors (Lipinski definition) is 2. The molecule has 1 aliphatic carbocycles. The van der Waals surface area contributed by atoms with E-state index in [2.05, 4.69) is 18.9 Å². The predicted molar refractivity (Wildman–Crippen MR) is 63.2 cm³/mol. The molecule has 2 heteroatoms. The van der Waals surface area contributed by atoms with E-state index >= 15 is 0 Å². The van der Waals surface area contributed by atoms with Gasteiger partial charge in [0.25, 0.3) is 0 Å². The van der Waals surface area contributed by atoms with Crippen molar-refractivity contribution in [3.63, 3.8) is 0 Å². The van der Waals surface area contributed by atoms with Gasteiger partial charge in [0.2, 0.25) is 0 Å². The first-order valence-corrected chi connectivity index (χ1v) is 9.11. The van der Waals surface area contributed by atoms with Crippen LogP contribution in [0, 0.1) is 5.92 Å². The van der Waals surface area contributed by atoms with Gasteiger partial charge in [0.15, 0.2) is 0 Å².